The Balaban J connectivity index is 1.74. The summed E-state index contributed by atoms with van der Waals surface area (Å²) in [7, 11) is 0. The van der Waals surface area contributed by atoms with Crippen LogP contribution in [-0.2, 0) is 0 Å². The Morgan fingerprint density at radius 3 is 3.06 bits per heavy atom. The van der Waals surface area contributed by atoms with Crippen molar-refractivity contribution < 1.29 is 4.79 Å². The van der Waals surface area contributed by atoms with Gasteiger partial charge in [-0.15, -0.1) is 0 Å². The number of halogens is 1. The zero-order valence-corrected chi connectivity index (χ0v) is 12.4. The molecule has 2 heterocycles. The van der Waals surface area contributed by atoms with Crippen molar-refractivity contribution >= 4 is 28.5 Å². The topological polar surface area (TPSA) is 32.3 Å². The molecule has 2 aliphatic heterocycles. The predicted octanol–water partition coefficient (Wildman–Crippen LogP) is 2.12. The molecule has 0 saturated carbocycles. The van der Waals surface area contributed by atoms with Crippen LogP contribution in [0.3, 0.4) is 0 Å². The van der Waals surface area contributed by atoms with Crippen molar-refractivity contribution in [1.29, 1.82) is 0 Å². The SMILES string of the molecule is O=C(c1cccc(I)c1)N1CC2CCCNC2C1. The first kappa shape index (κ1) is 12.4. The van der Waals surface area contributed by atoms with Gasteiger partial charge in [0.05, 0.1) is 0 Å². The number of benzene rings is 1. The summed E-state index contributed by atoms with van der Waals surface area (Å²) in [5.74, 6) is 0.843. The van der Waals surface area contributed by atoms with Crippen molar-refractivity contribution in [3.05, 3.63) is 33.4 Å². The minimum Gasteiger partial charge on any atom is -0.337 e. The van der Waals surface area contributed by atoms with E-state index < -0.39 is 0 Å². The number of carbonyl (C=O) groups is 1. The van der Waals surface area contributed by atoms with Gasteiger partial charge < -0.3 is 10.2 Å². The van der Waals surface area contributed by atoms with Crippen LogP contribution < -0.4 is 5.32 Å². The fraction of sp³-hybridized carbons (Fsp3) is 0.500. The first-order chi connectivity index (χ1) is 8.74. The second kappa shape index (κ2) is 5.17. The number of nitrogens with zero attached hydrogens (tertiary/aromatic N) is 1. The molecule has 96 valence electrons. The molecule has 2 unspecified atom stereocenters. The van der Waals surface area contributed by atoms with E-state index in [9.17, 15) is 4.79 Å². The van der Waals surface area contributed by atoms with Crippen molar-refractivity contribution in [2.24, 2.45) is 5.92 Å². The van der Waals surface area contributed by atoms with Crippen LogP contribution in [0.5, 0.6) is 0 Å². The summed E-state index contributed by atoms with van der Waals surface area (Å²) in [6, 6.07) is 8.38. The molecule has 1 aromatic rings. The average molecular weight is 356 g/mol. The molecular formula is C14H17IN2O. The lowest BCUT2D eigenvalue weighted by Gasteiger charge is -2.24. The van der Waals surface area contributed by atoms with E-state index in [4.69, 9.17) is 0 Å². The van der Waals surface area contributed by atoms with Crippen molar-refractivity contribution in [3.63, 3.8) is 0 Å². The fourth-order valence-corrected chi connectivity index (χ4v) is 3.56. The Kier molecular flexibility index (Phi) is 3.56. The lowest BCUT2D eigenvalue weighted by molar-refractivity contribution is 0.0785. The number of rotatable bonds is 1. The van der Waals surface area contributed by atoms with Crippen molar-refractivity contribution in [2.45, 2.75) is 18.9 Å². The molecule has 18 heavy (non-hydrogen) atoms. The summed E-state index contributed by atoms with van der Waals surface area (Å²) in [6.45, 7) is 2.89. The first-order valence-electron chi connectivity index (χ1n) is 6.52. The van der Waals surface area contributed by atoms with Gasteiger partial charge in [-0.3, -0.25) is 4.79 Å². The number of likely N-dealkylation sites (tertiary alicyclic amines) is 1. The van der Waals surface area contributed by atoms with Crippen LogP contribution in [0.4, 0.5) is 0 Å². The molecule has 4 heteroatoms. The second-order valence-corrected chi connectivity index (χ2v) is 6.43. The molecule has 2 fully saturated rings. The first-order valence-corrected chi connectivity index (χ1v) is 7.60. The van der Waals surface area contributed by atoms with Gasteiger partial charge in [0, 0.05) is 28.3 Å². The van der Waals surface area contributed by atoms with E-state index >= 15 is 0 Å². The largest absolute Gasteiger partial charge is 0.337 e. The van der Waals surface area contributed by atoms with Crippen LogP contribution in [0.25, 0.3) is 0 Å². The summed E-state index contributed by atoms with van der Waals surface area (Å²) in [5.41, 5.74) is 0.820. The molecule has 0 bridgehead atoms. The van der Waals surface area contributed by atoms with Crippen LogP contribution in [0, 0.1) is 9.49 Å². The highest BCUT2D eigenvalue weighted by atomic mass is 127. The second-order valence-electron chi connectivity index (χ2n) is 5.18. The molecule has 0 spiro atoms. The predicted molar refractivity (Wildman–Crippen MR) is 79.6 cm³/mol. The standard InChI is InChI=1S/C14H17IN2O/c15-12-5-1-3-10(7-12)14(18)17-8-11-4-2-6-16-13(11)9-17/h1,3,5,7,11,13,16H,2,4,6,8-9H2. The lowest BCUT2D eigenvalue weighted by Crippen LogP contribution is -2.41. The molecule has 1 amide bonds. The fourth-order valence-electron chi connectivity index (χ4n) is 3.02. The van der Waals surface area contributed by atoms with Crippen molar-refractivity contribution in [2.75, 3.05) is 19.6 Å². The highest BCUT2D eigenvalue weighted by molar-refractivity contribution is 14.1. The van der Waals surface area contributed by atoms with Crippen molar-refractivity contribution in [3.8, 4) is 0 Å². The van der Waals surface area contributed by atoms with Gasteiger partial charge in [-0.1, -0.05) is 6.07 Å². The zero-order valence-electron chi connectivity index (χ0n) is 10.2. The maximum absolute atomic E-state index is 12.4. The van der Waals surface area contributed by atoms with Gasteiger partial charge in [-0.05, 0) is 66.1 Å². The van der Waals surface area contributed by atoms with E-state index in [1.54, 1.807) is 0 Å². The molecule has 1 N–H and O–H groups in total. The molecule has 0 aromatic heterocycles. The third kappa shape index (κ3) is 2.40. The third-order valence-corrected chi connectivity index (χ3v) is 4.63. The number of amides is 1. The highest BCUT2D eigenvalue weighted by Gasteiger charge is 2.36. The number of nitrogens with one attached hydrogen (secondary N) is 1. The minimum atomic E-state index is 0.185. The van der Waals surface area contributed by atoms with Crippen LogP contribution in [0.15, 0.2) is 24.3 Å². The van der Waals surface area contributed by atoms with E-state index in [1.165, 1.54) is 12.8 Å². The number of hydrogen-bond donors (Lipinski definition) is 1. The molecule has 2 atom stereocenters. The number of carbonyl (C=O) groups excluding carboxylic acids is 1. The zero-order chi connectivity index (χ0) is 12.5. The Morgan fingerprint density at radius 2 is 2.28 bits per heavy atom. The van der Waals surface area contributed by atoms with E-state index in [0.717, 1.165) is 28.8 Å². The number of piperidine rings is 1. The maximum atomic E-state index is 12.4. The Labute approximate surface area is 121 Å². The van der Waals surface area contributed by atoms with Gasteiger partial charge in [0.15, 0.2) is 0 Å². The molecule has 2 saturated heterocycles. The van der Waals surface area contributed by atoms with Gasteiger partial charge in [-0.2, -0.15) is 0 Å². The van der Waals surface area contributed by atoms with Gasteiger partial charge >= 0.3 is 0 Å². The van der Waals surface area contributed by atoms with Crippen LogP contribution >= 0.6 is 22.6 Å². The van der Waals surface area contributed by atoms with E-state index in [0.29, 0.717) is 12.0 Å². The molecule has 3 nitrogen and oxygen atoms in total. The van der Waals surface area contributed by atoms with E-state index in [2.05, 4.69) is 27.9 Å². The maximum Gasteiger partial charge on any atom is 0.253 e. The minimum absolute atomic E-state index is 0.185. The van der Waals surface area contributed by atoms with Gasteiger partial charge in [0.2, 0.25) is 0 Å². The number of hydrogen-bond acceptors (Lipinski definition) is 2. The highest BCUT2D eigenvalue weighted by Crippen LogP contribution is 2.26. The van der Waals surface area contributed by atoms with Gasteiger partial charge in [0.1, 0.15) is 0 Å². The smallest absolute Gasteiger partial charge is 0.253 e. The third-order valence-electron chi connectivity index (χ3n) is 3.96. The van der Waals surface area contributed by atoms with Gasteiger partial charge in [0.25, 0.3) is 5.91 Å². The Morgan fingerprint density at radius 1 is 1.39 bits per heavy atom. The number of fused-ring (bicyclic) bond motifs is 1. The van der Waals surface area contributed by atoms with E-state index in [-0.39, 0.29) is 5.91 Å². The summed E-state index contributed by atoms with van der Waals surface area (Å²) in [6.07, 6.45) is 2.50. The average Bonchev–Trinajstić information content (AvgIpc) is 2.81. The summed E-state index contributed by atoms with van der Waals surface area (Å²) < 4.78 is 1.12. The molecule has 3 rings (SSSR count). The summed E-state index contributed by atoms with van der Waals surface area (Å²) in [4.78, 5) is 14.5. The molecule has 1 aromatic carbocycles. The van der Waals surface area contributed by atoms with Crippen LogP contribution in [-0.4, -0.2) is 36.5 Å². The van der Waals surface area contributed by atoms with Gasteiger partial charge in [-0.25, -0.2) is 0 Å². The van der Waals surface area contributed by atoms with Crippen LogP contribution in [0.1, 0.15) is 23.2 Å². The quantitative estimate of drug-likeness (QED) is 0.782. The normalized spacial score (nSPS) is 27.1. The van der Waals surface area contributed by atoms with E-state index in [1.807, 2.05) is 29.2 Å². The van der Waals surface area contributed by atoms with Crippen LogP contribution in [0.2, 0.25) is 0 Å². The molecule has 2 aliphatic rings. The summed E-state index contributed by atoms with van der Waals surface area (Å²) >= 11 is 2.25. The lowest BCUT2D eigenvalue weighted by atomic mass is 9.94. The monoisotopic (exact) mass is 356 g/mol. The molecular weight excluding hydrogens is 339 g/mol. The van der Waals surface area contributed by atoms with Crippen molar-refractivity contribution in [1.82, 2.24) is 10.2 Å². The molecule has 0 radical (unpaired) electrons. The Bertz CT molecular complexity index is 449. The summed E-state index contributed by atoms with van der Waals surface area (Å²) in [5, 5.41) is 3.53. The Hall–Kier alpha value is -0.620. The molecule has 0 aliphatic carbocycles.